The first-order chi connectivity index (χ1) is 12.1. The summed E-state index contributed by atoms with van der Waals surface area (Å²) in [4.78, 5) is 24.9. The molecule has 0 unspecified atom stereocenters. The molecule has 3 rings (SSSR count). The van der Waals surface area contributed by atoms with Gasteiger partial charge in [-0.05, 0) is 24.3 Å². The molecule has 1 amide bonds. The summed E-state index contributed by atoms with van der Waals surface area (Å²) in [5, 5.41) is 0.638. The number of hydrazine groups is 1. The predicted molar refractivity (Wildman–Crippen MR) is 92.9 cm³/mol. The van der Waals surface area contributed by atoms with E-state index in [2.05, 4.69) is 5.43 Å². The van der Waals surface area contributed by atoms with Crippen LogP contribution in [0.1, 0.15) is 20.7 Å². The molecule has 0 saturated carbocycles. The van der Waals surface area contributed by atoms with Crippen molar-refractivity contribution in [1.29, 1.82) is 0 Å². The highest BCUT2D eigenvalue weighted by Crippen LogP contribution is 2.29. The van der Waals surface area contributed by atoms with Gasteiger partial charge in [0.1, 0.15) is 0 Å². The van der Waals surface area contributed by atoms with E-state index in [1.54, 1.807) is 42.5 Å². The van der Waals surface area contributed by atoms with E-state index in [-0.39, 0.29) is 5.91 Å². The molecule has 2 aromatic carbocycles. The monoisotopic (exact) mass is 339 g/mol. The first-order valence-electron chi connectivity index (χ1n) is 7.48. The second-order valence-electron chi connectivity index (χ2n) is 5.28. The van der Waals surface area contributed by atoms with Crippen LogP contribution >= 0.6 is 0 Å². The van der Waals surface area contributed by atoms with Crippen molar-refractivity contribution < 1.29 is 19.1 Å². The van der Waals surface area contributed by atoms with Gasteiger partial charge < -0.3 is 9.47 Å². The minimum atomic E-state index is -0.463. The average molecular weight is 339 g/mol. The predicted octanol–water partition coefficient (Wildman–Crippen LogP) is 1.95. The Labute approximate surface area is 143 Å². The molecule has 3 N–H and O–H groups in total. The molecule has 7 heteroatoms. The topological polar surface area (TPSA) is 95.6 Å². The van der Waals surface area contributed by atoms with Crippen molar-refractivity contribution in [2.45, 2.75) is 0 Å². The number of nitrogens with zero attached hydrogens (tertiary/aromatic N) is 1. The first kappa shape index (κ1) is 16.5. The number of para-hydroxylation sites is 1. The molecule has 0 saturated heterocycles. The van der Waals surface area contributed by atoms with Crippen molar-refractivity contribution in [2.75, 3.05) is 14.2 Å². The molecule has 0 fully saturated rings. The number of hydrogen-bond acceptors (Lipinski definition) is 5. The smallest absolute Gasteiger partial charge is 0.267 e. The van der Waals surface area contributed by atoms with Crippen LogP contribution in [-0.2, 0) is 0 Å². The Morgan fingerprint density at radius 1 is 1.04 bits per heavy atom. The summed E-state index contributed by atoms with van der Waals surface area (Å²) in [6, 6.07) is 12.0. The summed E-state index contributed by atoms with van der Waals surface area (Å²) in [6.07, 6.45) is 1.48. The number of hydrogen-bond donors (Lipinski definition) is 2. The summed E-state index contributed by atoms with van der Waals surface area (Å²) in [7, 11) is 3.03. The van der Waals surface area contributed by atoms with Crippen LogP contribution in [0.2, 0.25) is 0 Å². The molecule has 3 aromatic rings. The van der Waals surface area contributed by atoms with Crippen LogP contribution in [0.15, 0.2) is 48.7 Å². The summed E-state index contributed by atoms with van der Waals surface area (Å²) >= 11 is 0. The van der Waals surface area contributed by atoms with E-state index >= 15 is 0 Å². The third kappa shape index (κ3) is 2.81. The van der Waals surface area contributed by atoms with Crippen LogP contribution in [0, 0.1) is 0 Å². The Morgan fingerprint density at radius 3 is 2.44 bits per heavy atom. The molecule has 0 aliphatic carbocycles. The van der Waals surface area contributed by atoms with E-state index in [0.29, 0.717) is 33.5 Å². The fraction of sp³-hybridized carbons (Fsp3) is 0.111. The van der Waals surface area contributed by atoms with E-state index in [0.717, 1.165) is 0 Å². The largest absolute Gasteiger partial charge is 0.493 e. The van der Waals surface area contributed by atoms with Crippen LogP contribution < -0.4 is 20.7 Å². The first-order valence-corrected chi connectivity index (χ1v) is 7.48. The van der Waals surface area contributed by atoms with Gasteiger partial charge in [-0.25, -0.2) is 5.84 Å². The molecular weight excluding hydrogens is 322 g/mol. The van der Waals surface area contributed by atoms with Crippen molar-refractivity contribution in [3.8, 4) is 11.5 Å². The second kappa shape index (κ2) is 6.66. The lowest BCUT2D eigenvalue weighted by atomic mass is 10.1. The van der Waals surface area contributed by atoms with Crippen LogP contribution in [0.4, 0.5) is 0 Å². The number of carbonyl (C=O) groups excluding carboxylic acids is 2. The minimum Gasteiger partial charge on any atom is -0.493 e. The van der Waals surface area contributed by atoms with Gasteiger partial charge in [-0.2, -0.15) is 0 Å². The van der Waals surface area contributed by atoms with Gasteiger partial charge in [0, 0.05) is 17.1 Å². The van der Waals surface area contributed by atoms with E-state index in [9.17, 15) is 9.59 Å². The van der Waals surface area contributed by atoms with Crippen molar-refractivity contribution in [2.24, 2.45) is 5.84 Å². The zero-order valence-corrected chi connectivity index (χ0v) is 13.8. The lowest BCUT2D eigenvalue weighted by Crippen LogP contribution is -2.29. The van der Waals surface area contributed by atoms with Crippen molar-refractivity contribution in [3.63, 3.8) is 0 Å². The Hall–Kier alpha value is -3.32. The molecule has 25 heavy (non-hydrogen) atoms. The number of ether oxygens (including phenoxy) is 2. The molecule has 0 radical (unpaired) electrons. The Kier molecular flexibility index (Phi) is 4.40. The Bertz CT molecular complexity index is 962. The molecule has 0 spiro atoms. The number of carbonyl (C=O) groups is 2. The lowest BCUT2D eigenvalue weighted by Gasteiger charge is -2.10. The van der Waals surface area contributed by atoms with Gasteiger partial charge in [0.05, 0.1) is 25.3 Å². The molecule has 0 aliphatic rings. The average Bonchev–Trinajstić information content (AvgIpc) is 3.05. The fourth-order valence-corrected chi connectivity index (χ4v) is 2.71. The van der Waals surface area contributed by atoms with Crippen molar-refractivity contribution in [3.05, 3.63) is 59.8 Å². The number of fused-ring (bicyclic) bond motifs is 1. The molecule has 7 nitrogen and oxygen atoms in total. The number of aromatic nitrogens is 1. The highest BCUT2D eigenvalue weighted by molar-refractivity contribution is 6.11. The zero-order valence-electron chi connectivity index (χ0n) is 13.8. The minimum absolute atomic E-state index is 0.298. The molecule has 128 valence electrons. The van der Waals surface area contributed by atoms with Crippen LogP contribution in [0.5, 0.6) is 11.5 Å². The zero-order chi connectivity index (χ0) is 18.0. The van der Waals surface area contributed by atoms with Gasteiger partial charge >= 0.3 is 0 Å². The molecule has 0 aliphatic heterocycles. The van der Waals surface area contributed by atoms with Crippen LogP contribution in [0.3, 0.4) is 0 Å². The van der Waals surface area contributed by atoms with Crippen LogP contribution in [0.25, 0.3) is 10.9 Å². The van der Waals surface area contributed by atoms with Crippen molar-refractivity contribution >= 4 is 22.7 Å². The van der Waals surface area contributed by atoms with Crippen LogP contribution in [-0.4, -0.2) is 30.6 Å². The maximum absolute atomic E-state index is 13.0. The molecule has 1 aromatic heterocycles. The van der Waals surface area contributed by atoms with Gasteiger partial charge in [-0.3, -0.25) is 19.6 Å². The summed E-state index contributed by atoms with van der Waals surface area (Å²) in [5.74, 6) is 5.45. The number of nitrogens with one attached hydrogen (secondary N) is 1. The number of nitrogens with two attached hydrogens (primary N) is 1. The molecule has 0 atom stereocenters. The third-order valence-corrected chi connectivity index (χ3v) is 3.94. The maximum atomic E-state index is 13.0. The van der Waals surface area contributed by atoms with Gasteiger partial charge in [0.15, 0.2) is 11.5 Å². The summed E-state index contributed by atoms with van der Waals surface area (Å²) in [6.45, 7) is 0. The molecule has 1 heterocycles. The number of methoxy groups -OCH3 is 2. The molecule has 0 bridgehead atoms. The van der Waals surface area contributed by atoms with Gasteiger partial charge in [-0.15, -0.1) is 0 Å². The van der Waals surface area contributed by atoms with Crippen molar-refractivity contribution in [1.82, 2.24) is 9.99 Å². The fourth-order valence-electron chi connectivity index (χ4n) is 2.71. The van der Waals surface area contributed by atoms with E-state index < -0.39 is 5.91 Å². The van der Waals surface area contributed by atoms with E-state index in [4.69, 9.17) is 15.3 Å². The van der Waals surface area contributed by atoms with Gasteiger partial charge in [-0.1, -0.05) is 18.2 Å². The van der Waals surface area contributed by atoms with E-state index in [1.807, 2.05) is 0 Å². The number of benzene rings is 2. The Balaban J connectivity index is 2.13. The summed E-state index contributed by atoms with van der Waals surface area (Å²) < 4.78 is 11.8. The third-order valence-electron chi connectivity index (χ3n) is 3.94. The van der Waals surface area contributed by atoms with Gasteiger partial charge in [0.2, 0.25) is 0 Å². The number of rotatable bonds is 4. The second-order valence-corrected chi connectivity index (χ2v) is 5.28. The Morgan fingerprint density at radius 2 is 1.76 bits per heavy atom. The number of nitrogen functional groups attached to an aromatic ring is 1. The normalized spacial score (nSPS) is 10.5. The lowest BCUT2D eigenvalue weighted by molar-refractivity contribution is 0.0955. The standard InChI is InChI=1S/C18H17N3O4/c1-24-15-8-7-11(9-16(15)25-2)18(23)21-10-13(17(22)20-19)12-5-3-4-6-14(12)21/h3-10H,19H2,1-2H3,(H,20,22). The SMILES string of the molecule is COc1ccc(C(=O)n2cc(C(=O)NN)c3ccccc32)cc1OC. The van der Waals surface area contributed by atoms with E-state index in [1.165, 1.54) is 25.0 Å². The number of amides is 1. The molecular formula is C18H17N3O4. The summed E-state index contributed by atoms with van der Waals surface area (Å²) in [5.41, 5.74) is 3.44. The van der Waals surface area contributed by atoms with Gasteiger partial charge in [0.25, 0.3) is 11.8 Å². The quantitative estimate of drug-likeness (QED) is 0.430. The maximum Gasteiger partial charge on any atom is 0.267 e. The highest BCUT2D eigenvalue weighted by atomic mass is 16.5. The highest BCUT2D eigenvalue weighted by Gasteiger charge is 2.19.